The maximum Gasteiger partial charge on any atom is 0.243 e. The van der Waals surface area contributed by atoms with Gasteiger partial charge in [0.15, 0.2) is 0 Å². The second kappa shape index (κ2) is 6.07. The summed E-state index contributed by atoms with van der Waals surface area (Å²) in [5.41, 5.74) is 1.14. The topological polar surface area (TPSA) is 49.4 Å². The van der Waals surface area contributed by atoms with Gasteiger partial charge in [-0.15, -0.1) is 0 Å². The molecule has 2 saturated carbocycles. The fourth-order valence-corrected chi connectivity index (χ4v) is 3.99. The molecule has 2 aliphatic carbocycles. The van der Waals surface area contributed by atoms with Crippen molar-refractivity contribution in [3.63, 3.8) is 0 Å². The van der Waals surface area contributed by atoms with Gasteiger partial charge in [-0.1, -0.05) is 19.1 Å². The maximum absolute atomic E-state index is 12.6. The third-order valence-corrected chi connectivity index (χ3v) is 6.20. The number of hydrogen-bond acceptors (Lipinski definition) is 3. The number of nitrogens with one attached hydrogen (secondary N) is 1. The van der Waals surface area contributed by atoms with Crippen LogP contribution >= 0.6 is 0 Å². The Hall–Kier alpha value is -0.910. The molecule has 3 rings (SSSR count). The van der Waals surface area contributed by atoms with Crippen LogP contribution < -0.4 is 5.32 Å². The minimum atomic E-state index is -3.33. The Labute approximate surface area is 127 Å². The van der Waals surface area contributed by atoms with Crippen molar-refractivity contribution in [2.24, 2.45) is 5.92 Å². The van der Waals surface area contributed by atoms with Crippen LogP contribution in [0.4, 0.5) is 0 Å². The molecule has 0 saturated heterocycles. The molecule has 1 aromatic carbocycles. The van der Waals surface area contributed by atoms with E-state index in [0.29, 0.717) is 29.9 Å². The van der Waals surface area contributed by atoms with E-state index >= 15 is 0 Å². The average Bonchev–Trinajstić information content (AvgIpc) is 3.38. The van der Waals surface area contributed by atoms with Crippen LogP contribution in [0, 0.1) is 5.92 Å². The molecule has 116 valence electrons. The van der Waals surface area contributed by atoms with E-state index in [1.807, 2.05) is 19.1 Å². The normalized spacial score (nSPS) is 19.1. The van der Waals surface area contributed by atoms with Gasteiger partial charge in [0.2, 0.25) is 10.0 Å². The summed E-state index contributed by atoms with van der Waals surface area (Å²) in [6, 6.07) is 8.01. The Balaban J connectivity index is 1.67. The number of rotatable bonds is 8. The lowest BCUT2D eigenvalue weighted by atomic mass is 10.2. The van der Waals surface area contributed by atoms with Crippen molar-refractivity contribution in [2.45, 2.75) is 50.1 Å². The molecule has 4 nitrogen and oxygen atoms in total. The Morgan fingerprint density at radius 1 is 1.14 bits per heavy atom. The highest BCUT2D eigenvalue weighted by molar-refractivity contribution is 7.89. The molecule has 0 spiro atoms. The zero-order valence-corrected chi connectivity index (χ0v) is 13.4. The SMILES string of the molecule is CCN(CC1CC1)S(=O)(=O)c1ccc(CNC2CC2)cc1. The van der Waals surface area contributed by atoms with Gasteiger partial charge in [0.25, 0.3) is 0 Å². The second-order valence-corrected chi connectivity index (χ2v) is 8.14. The van der Waals surface area contributed by atoms with Crippen LogP contribution in [-0.2, 0) is 16.6 Å². The van der Waals surface area contributed by atoms with Crippen molar-refractivity contribution in [3.05, 3.63) is 29.8 Å². The van der Waals surface area contributed by atoms with Crippen LogP contribution in [0.5, 0.6) is 0 Å². The first-order valence-electron chi connectivity index (χ1n) is 7.92. The predicted molar refractivity (Wildman–Crippen MR) is 83.5 cm³/mol. The molecule has 0 heterocycles. The highest BCUT2D eigenvalue weighted by Crippen LogP contribution is 2.31. The molecule has 2 aliphatic rings. The first kappa shape index (κ1) is 15.0. The quantitative estimate of drug-likeness (QED) is 0.802. The minimum Gasteiger partial charge on any atom is -0.310 e. The lowest BCUT2D eigenvalue weighted by molar-refractivity contribution is 0.412. The van der Waals surface area contributed by atoms with E-state index in [1.165, 1.54) is 12.8 Å². The van der Waals surface area contributed by atoms with Crippen molar-refractivity contribution < 1.29 is 8.42 Å². The standard InChI is InChI=1S/C16H24N2O2S/c1-2-18(12-14-3-4-14)21(19,20)16-9-5-13(6-10-16)11-17-15-7-8-15/h5-6,9-10,14-15,17H,2-4,7-8,11-12H2,1H3. The number of benzene rings is 1. The molecule has 2 fully saturated rings. The molecule has 0 amide bonds. The van der Waals surface area contributed by atoms with Crippen LogP contribution in [0.15, 0.2) is 29.2 Å². The van der Waals surface area contributed by atoms with Crippen molar-refractivity contribution in [2.75, 3.05) is 13.1 Å². The third-order valence-electron chi connectivity index (χ3n) is 4.24. The van der Waals surface area contributed by atoms with Gasteiger partial charge in [0, 0.05) is 25.7 Å². The highest BCUT2D eigenvalue weighted by atomic mass is 32.2. The molecule has 0 radical (unpaired) electrons. The molecule has 0 unspecified atom stereocenters. The first-order valence-corrected chi connectivity index (χ1v) is 9.36. The molecule has 1 N–H and O–H groups in total. The second-order valence-electron chi connectivity index (χ2n) is 6.20. The molecule has 0 aromatic heterocycles. The number of sulfonamides is 1. The molecule has 1 aromatic rings. The highest BCUT2D eigenvalue weighted by Gasteiger charge is 2.30. The summed E-state index contributed by atoms with van der Waals surface area (Å²) in [5, 5.41) is 3.44. The predicted octanol–water partition coefficient (Wildman–Crippen LogP) is 2.36. The van der Waals surface area contributed by atoms with Gasteiger partial charge < -0.3 is 5.32 Å². The van der Waals surface area contributed by atoms with Gasteiger partial charge in [0.05, 0.1) is 4.90 Å². The number of hydrogen-bond donors (Lipinski definition) is 1. The fourth-order valence-electron chi connectivity index (χ4n) is 2.46. The number of nitrogens with zero attached hydrogens (tertiary/aromatic N) is 1. The van der Waals surface area contributed by atoms with Crippen molar-refractivity contribution in [3.8, 4) is 0 Å². The minimum absolute atomic E-state index is 0.417. The summed E-state index contributed by atoms with van der Waals surface area (Å²) in [6.45, 7) is 3.95. The smallest absolute Gasteiger partial charge is 0.243 e. The van der Waals surface area contributed by atoms with Crippen molar-refractivity contribution in [1.82, 2.24) is 9.62 Å². The van der Waals surface area contributed by atoms with Gasteiger partial charge in [0.1, 0.15) is 0 Å². The molecular weight excluding hydrogens is 284 g/mol. The summed E-state index contributed by atoms with van der Waals surface area (Å²) in [5.74, 6) is 0.571. The zero-order valence-electron chi connectivity index (χ0n) is 12.6. The summed E-state index contributed by atoms with van der Waals surface area (Å²) in [4.78, 5) is 0.417. The summed E-state index contributed by atoms with van der Waals surface area (Å²) >= 11 is 0. The molecule has 5 heteroatoms. The van der Waals surface area contributed by atoms with E-state index in [-0.39, 0.29) is 0 Å². The van der Waals surface area contributed by atoms with Gasteiger partial charge in [-0.25, -0.2) is 8.42 Å². The summed E-state index contributed by atoms with van der Waals surface area (Å²) < 4.78 is 26.9. The van der Waals surface area contributed by atoms with E-state index in [0.717, 1.165) is 24.9 Å². The summed E-state index contributed by atoms with van der Waals surface area (Å²) in [7, 11) is -3.33. The van der Waals surface area contributed by atoms with Crippen molar-refractivity contribution >= 4 is 10.0 Å². The zero-order chi connectivity index (χ0) is 14.9. The lowest BCUT2D eigenvalue weighted by Crippen LogP contribution is -2.32. The van der Waals surface area contributed by atoms with Gasteiger partial charge in [-0.05, 0) is 49.3 Å². The van der Waals surface area contributed by atoms with Gasteiger partial charge in [-0.3, -0.25) is 0 Å². The van der Waals surface area contributed by atoms with Crippen LogP contribution in [0.2, 0.25) is 0 Å². The van der Waals surface area contributed by atoms with Crippen LogP contribution in [0.3, 0.4) is 0 Å². The van der Waals surface area contributed by atoms with E-state index < -0.39 is 10.0 Å². The lowest BCUT2D eigenvalue weighted by Gasteiger charge is -2.20. The van der Waals surface area contributed by atoms with E-state index in [9.17, 15) is 8.42 Å². The first-order chi connectivity index (χ1) is 10.1. The Morgan fingerprint density at radius 2 is 1.81 bits per heavy atom. The van der Waals surface area contributed by atoms with E-state index in [4.69, 9.17) is 0 Å². The Kier molecular flexibility index (Phi) is 4.33. The molecule has 0 aliphatic heterocycles. The summed E-state index contributed by atoms with van der Waals surface area (Å²) in [6.07, 6.45) is 4.85. The van der Waals surface area contributed by atoms with Gasteiger partial charge in [-0.2, -0.15) is 4.31 Å². The van der Waals surface area contributed by atoms with Crippen LogP contribution in [-0.4, -0.2) is 31.9 Å². The fraction of sp³-hybridized carbons (Fsp3) is 0.625. The monoisotopic (exact) mass is 308 g/mol. The van der Waals surface area contributed by atoms with Crippen molar-refractivity contribution in [1.29, 1.82) is 0 Å². The molecule has 0 atom stereocenters. The van der Waals surface area contributed by atoms with Crippen LogP contribution in [0.1, 0.15) is 38.2 Å². The average molecular weight is 308 g/mol. The maximum atomic E-state index is 12.6. The molecular formula is C16H24N2O2S. The Bertz CT molecular complexity index is 575. The Morgan fingerprint density at radius 3 is 2.33 bits per heavy atom. The van der Waals surface area contributed by atoms with Crippen LogP contribution in [0.25, 0.3) is 0 Å². The molecule has 0 bridgehead atoms. The van der Waals surface area contributed by atoms with Gasteiger partial charge >= 0.3 is 0 Å². The largest absolute Gasteiger partial charge is 0.310 e. The molecule has 21 heavy (non-hydrogen) atoms. The third kappa shape index (κ3) is 3.84. The van der Waals surface area contributed by atoms with E-state index in [1.54, 1.807) is 16.4 Å². The van der Waals surface area contributed by atoms with E-state index in [2.05, 4.69) is 5.32 Å².